The first-order valence-electron chi connectivity index (χ1n) is 5.69. The lowest BCUT2D eigenvalue weighted by molar-refractivity contribution is -0.115. The predicted octanol–water partition coefficient (Wildman–Crippen LogP) is 3.22. The van der Waals surface area contributed by atoms with Crippen LogP contribution in [-0.2, 0) is 9.53 Å². The van der Waals surface area contributed by atoms with Crippen LogP contribution in [0.15, 0.2) is 11.8 Å². The number of hydrogen-bond acceptors (Lipinski definition) is 2. The molecule has 80 valence electrons. The van der Waals surface area contributed by atoms with Crippen molar-refractivity contribution in [3.63, 3.8) is 0 Å². The average molecular weight is 196 g/mol. The first-order valence-corrected chi connectivity index (χ1v) is 5.69. The van der Waals surface area contributed by atoms with Gasteiger partial charge in [0.2, 0.25) is 0 Å². The molecule has 0 aliphatic heterocycles. The molecule has 2 heteroatoms. The molecule has 0 aromatic carbocycles. The Morgan fingerprint density at radius 1 is 1.29 bits per heavy atom. The molecule has 14 heavy (non-hydrogen) atoms. The standard InChI is InChI=1S/C12H20O2/c1-2-3-4-5-9-14-12-8-6-7-11(13)10-12/h10H,2-9H2,1H3. The highest BCUT2D eigenvalue weighted by molar-refractivity contribution is 5.90. The van der Waals surface area contributed by atoms with Crippen LogP contribution in [0.1, 0.15) is 51.9 Å². The Kier molecular flexibility index (Phi) is 5.35. The van der Waals surface area contributed by atoms with Gasteiger partial charge in [-0.3, -0.25) is 4.79 Å². The Labute approximate surface area is 86.3 Å². The molecule has 2 nitrogen and oxygen atoms in total. The van der Waals surface area contributed by atoms with E-state index in [1.54, 1.807) is 6.08 Å². The summed E-state index contributed by atoms with van der Waals surface area (Å²) in [6, 6.07) is 0. The lowest BCUT2D eigenvalue weighted by Crippen LogP contribution is -2.06. The maximum absolute atomic E-state index is 11.1. The molecule has 0 amide bonds. The molecule has 1 aliphatic rings. The number of carbonyl (C=O) groups excluding carboxylic acids is 1. The lowest BCUT2D eigenvalue weighted by atomic mass is 10.1. The van der Waals surface area contributed by atoms with E-state index in [1.807, 2.05) is 0 Å². The number of ether oxygens (including phenoxy) is 1. The minimum absolute atomic E-state index is 0.222. The smallest absolute Gasteiger partial charge is 0.159 e. The largest absolute Gasteiger partial charge is 0.498 e. The molecule has 0 radical (unpaired) electrons. The van der Waals surface area contributed by atoms with Crippen molar-refractivity contribution in [2.24, 2.45) is 0 Å². The molecule has 0 unspecified atom stereocenters. The van der Waals surface area contributed by atoms with Crippen molar-refractivity contribution in [3.8, 4) is 0 Å². The summed E-state index contributed by atoms with van der Waals surface area (Å²) in [6.45, 7) is 2.97. The highest BCUT2D eigenvalue weighted by Crippen LogP contribution is 2.16. The molecule has 0 heterocycles. The number of allylic oxidation sites excluding steroid dienone is 2. The van der Waals surface area contributed by atoms with Crippen LogP contribution in [-0.4, -0.2) is 12.4 Å². The summed E-state index contributed by atoms with van der Waals surface area (Å²) in [5.74, 6) is 1.12. The third-order valence-corrected chi connectivity index (χ3v) is 2.45. The fourth-order valence-corrected chi connectivity index (χ4v) is 1.61. The summed E-state index contributed by atoms with van der Waals surface area (Å²) in [5, 5.41) is 0. The lowest BCUT2D eigenvalue weighted by Gasteiger charge is -2.13. The third-order valence-electron chi connectivity index (χ3n) is 2.45. The summed E-state index contributed by atoms with van der Waals surface area (Å²) >= 11 is 0. The minimum atomic E-state index is 0.222. The second-order valence-corrected chi connectivity index (χ2v) is 3.84. The average Bonchev–Trinajstić information content (AvgIpc) is 2.18. The van der Waals surface area contributed by atoms with Crippen LogP contribution in [0.2, 0.25) is 0 Å². The highest BCUT2D eigenvalue weighted by Gasteiger charge is 2.10. The molecule has 0 bridgehead atoms. The summed E-state index contributed by atoms with van der Waals surface area (Å²) in [7, 11) is 0. The van der Waals surface area contributed by atoms with E-state index in [4.69, 9.17) is 4.74 Å². The molecule has 0 saturated carbocycles. The van der Waals surface area contributed by atoms with E-state index in [0.29, 0.717) is 6.42 Å². The van der Waals surface area contributed by atoms with Crippen molar-refractivity contribution in [1.29, 1.82) is 0 Å². The summed E-state index contributed by atoms with van der Waals surface area (Å²) in [4.78, 5) is 11.1. The van der Waals surface area contributed by atoms with Gasteiger partial charge in [-0.15, -0.1) is 0 Å². The van der Waals surface area contributed by atoms with Crippen molar-refractivity contribution >= 4 is 5.78 Å². The van der Waals surface area contributed by atoms with Gasteiger partial charge in [-0.05, 0) is 12.8 Å². The van der Waals surface area contributed by atoms with Crippen LogP contribution in [0.25, 0.3) is 0 Å². The van der Waals surface area contributed by atoms with E-state index in [-0.39, 0.29) is 5.78 Å². The zero-order valence-corrected chi connectivity index (χ0v) is 9.05. The Balaban J connectivity index is 2.08. The van der Waals surface area contributed by atoms with E-state index < -0.39 is 0 Å². The highest BCUT2D eigenvalue weighted by atomic mass is 16.5. The van der Waals surface area contributed by atoms with Crippen LogP contribution >= 0.6 is 0 Å². The second kappa shape index (κ2) is 6.63. The second-order valence-electron chi connectivity index (χ2n) is 3.84. The van der Waals surface area contributed by atoms with Crippen molar-refractivity contribution in [1.82, 2.24) is 0 Å². The van der Waals surface area contributed by atoms with Gasteiger partial charge < -0.3 is 4.74 Å². The van der Waals surface area contributed by atoms with E-state index in [1.165, 1.54) is 19.3 Å². The first-order chi connectivity index (χ1) is 6.83. The molecule has 0 saturated heterocycles. The Morgan fingerprint density at radius 3 is 2.86 bits per heavy atom. The SMILES string of the molecule is CCCCCCOC1=CC(=O)CCC1. The number of unbranched alkanes of at least 4 members (excludes halogenated alkanes) is 3. The van der Waals surface area contributed by atoms with E-state index in [2.05, 4.69) is 6.92 Å². The van der Waals surface area contributed by atoms with Crippen molar-refractivity contribution in [2.45, 2.75) is 51.9 Å². The predicted molar refractivity (Wildman–Crippen MR) is 57.0 cm³/mol. The van der Waals surface area contributed by atoms with Crippen LogP contribution in [0, 0.1) is 0 Å². The van der Waals surface area contributed by atoms with Gasteiger partial charge in [-0.25, -0.2) is 0 Å². The summed E-state index contributed by atoms with van der Waals surface area (Å²) in [5.41, 5.74) is 0. The minimum Gasteiger partial charge on any atom is -0.498 e. The van der Waals surface area contributed by atoms with Crippen LogP contribution < -0.4 is 0 Å². The fraction of sp³-hybridized carbons (Fsp3) is 0.750. The molecule has 1 aliphatic carbocycles. The topological polar surface area (TPSA) is 26.3 Å². The van der Waals surface area contributed by atoms with Crippen LogP contribution in [0.4, 0.5) is 0 Å². The van der Waals surface area contributed by atoms with E-state index in [0.717, 1.165) is 31.6 Å². The zero-order chi connectivity index (χ0) is 10.2. The molecule has 0 atom stereocenters. The van der Waals surface area contributed by atoms with Gasteiger partial charge in [-0.1, -0.05) is 26.2 Å². The molecule has 0 aromatic rings. The van der Waals surface area contributed by atoms with Gasteiger partial charge in [0.25, 0.3) is 0 Å². The van der Waals surface area contributed by atoms with E-state index >= 15 is 0 Å². The number of ketones is 1. The molecular formula is C12H20O2. The van der Waals surface area contributed by atoms with Gasteiger partial charge in [0, 0.05) is 18.9 Å². The summed E-state index contributed by atoms with van der Waals surface area (Å²) in [6.07, 6.45) is 9.14. The Hall–Kier alpha value is -0.790. The summed E-state index contributed by atoms with van der Waals surface area (Å²) < 4.78 is 5.54. The zero-order valence-electron chi connectivity index (χ0n) is 9.05. The number of rotatable bonds is 6. The first kappa shape index (κ1) is 11.3. The van der Waals surface area contributed by atoms with Gasteiger partial charge in [0.15, 0.2) is 5.78 Å². The quantitative estimate of drug-likeness (QED) is 0.610. The van der Waals surface area contributed by atoms with Gasteiger partial charge in [0.05, 0.1) is 12.4 Å². The molecule has 0 N–H and O–H groups in total. The molecule has 0 fully saturated rings. The van der Waals surface area contributed by atoms with Gasteiger partial charge in [0.1, 0.15) is 0 Å². The van der Waals surface area contributed by atoms with Crippen molar-refractivity contribution < 1.29 is 9.53 Å². The Bertz CT molecular complexity index is 206. The van der Waals surface area contributed by atoms with Crippen molar-refractivity contribution in [2.75, 3.05) is 6.61 Å². The third kappa shape index (κ3) is 4.45. The molecular weight excluding hydrogens is 176 g/mol. The van der Waals surface area contributed by atoms with Crippen molar-refractivity contribution in [3.05, 3.63) is 11.8 Å². The van der Waals surface area contributed by atoms with E-state index in [9.17, 15) is 4.79 Å². The molecule has 0 aromatic heterocycles. The monoisotopic (exact) mass is 196 g/mol. The van der Waals surface area contributed by atoms with Gasteiger partial charge >= 0.3 is 0 Å². The maximum atomic E-state index is 11.1. The normalized spacial score (nSPS) is 16.6. The maximum Gasteiger partial charge on any atom is 0.159 e. The number of hydrogen-bond donors (Lipinski definition) is 0. The number of carbonyl (C=O) groups is 1. The fourth-order valence-electron chi connectivity index (χ4n) is 1.61. The van der Waals surface area contributed by atoms with Gasteiger partial charge in [-0.2, -0.15) is 0 Å². The van der Waals surface area contributed by atoms with Crippen LogP contribution in [0.3, 0.4) is 0 Å². The molecule has 0 spiro atoms. The Morgan fingerprint density at radius 2 is 2.14 bits per heavy atom. The van der Waals surface area contributed by atoms with Crippen LogP contribution in [0.5, 0.6) is 0 Å². The molecule has 1 rings (SSSR count).